The third-order valence-corrected chi connectivity index (χ3v) is 2.22. The van der Waals surface area contributed by atoms with E-state index >= 15 is 0 Å². The quantitative estimate of drug-likeness (QED) is 0.624. The molecule has 0 bridgehead atoms. The summed E-state index contributed by atoms with van der Waals surface area (Å²) >= 11 is 0. The molecule has 19 heavy (non-hydrogen) atoms. The summed E-state index contributed by atoms with van der Waals surface area (Å²) in [7, 11) is 0. The predicted octanol–water partition coefficient (Wildman–Crippen LogP) is 2.79. The zero-order valence-electron chi connectivity index (χ0n) is 9.41. The molecule has 0 radical (unpaired) electrons. The van der Waals surface area contributed by atoms with Crippen LogP contribution in [-0.4, -0.2) is 9.91 Å². The van der Waals surface area contributed by atoms with Crippen molar-refractivity contribution < 1.29 is 14.1 Å². The van der Waals surface area contributed by atoms with Gasteiger partial charge in [0, 0.05) is 18.3 Å². The molecule has 0 spiro atoms. The highest BCUT2D eigenvalue weighted by molar-refractivity contribution is 5.43. The lowest BCUT2D eigenvalue weighted by Crippen LogP contribution is -1.95. The zero-order chi connectivity index (χ0) is 13.8. The Bertz CT molecular complexity index is 682. The van der Waals surface area contributed by atoms with Crippen molar-refractivity contribution in [2.24, 2.45) is 0 Å². The molecule has 0 fully saturated rings. The topological polar surface area (TPSA) is 89.0 Å². The van der Waals surface area contributed by atoms with Gasteiger partial charge in [0.2, 0.25) is 11.7 Å². The molecular weight excluding hydrogens is 253 g/mol. The van der Waals surface area contributed by atoms with Crippen molar-refractivity contribution in [1.82, 2.24) is 4.98 Å². The van der Waals surface area contributed by atoms with E-state index in [0.29, 0.717) is 0 Å². The fraction of sp³-hybridized carbons (Fsp3) is 0. The molecule has 1 aromatic carbocycles. The van der Waals surface area contributed by atoms with Crippen molar-refractivity contribution in [1.29, 1.82) is 5.26 Å². The largest absolute Gasteiger partial charge is 0.438 e. The monoisotopic (exact) mass is 259 g/mol. The molecule has 0 aliphatic carbocycles. The Morgan fingerprint density at radius 1 is 1.42 bits per heavy atom. The van der Waals surface area contributed by atoms with E-state index in [2.05, 4.69) is 4.98 Å². The van der Waals surface area contributed by atoms with Crippen molar-refractivity contribution in [3.05, 3.63) is 58.0 Å². The Labute approximate surface area is 106 Å². The lowest BCUT2D eigenvalue weighted by atomic mass is 10.3. The van der Waals surface area contributed by atoms with Crippen LogP contribution in [0.5, 0.6) is 11.6 Å². The Hall–Kier alpha value is -3.01. The molecule has 2 aromatic rings. The van der Waals surface area contributed by atoms with Gasteiger partial charge in [-0.25, -0.2) is 4.98 Å². The molecule has 0 aliphatic rings. The van der Waals surface area contributed by atoms with E-state index in [9.17, 15) is 14.5 Å². The number of hydrogen-bond donors (Lipinski definition) is 0. The van der Waals surface area contributed by atoms with E-state index in [-0.39, 0.29) is 17.2 Å². The molecular formula is C12H6FN3O3. The van der Waals surface area contributed by atoms with Crippen LogP contribution in [0.2, 0.25) is 0 Å². The molecule has 94 valence electrons. The summed E-state index contributed by atoms with van der Waals surface area (Å²) in [5, 5.41) is 19.3. The minimum absolute atomic E-state index is 0.0123. The molecule has 0 atom stereocenters. The van der Waals surface area contributed by atoms with Crippen LogP contribution in [0.4, 0.5) is 10.1 Å². The second kappa shape index (κ2) is 5.10. The summed E-state index contributed by atoms with van der Waals surface area (Å²) in [5.74, 6) is -0.978. The lowest BCUT2D eigenvalue weighted by Gasteiger charge is -2.05. The van der Waals surface area contributed by atoms with Gasteiger partial charge in [-0.2, -0.15) is 9.65 Å². The standard InChI is InChI=1S/C12H6FN3O3/c13-10-6-9(3-4-11(10)16(17)18)19-12-8(7-14)2-1-5-15-12/h1-6H. The number of ether oxygens (including phenoxy) is 1. The highest BCUT2D eigenvalue weighted by Crippen LogP contribution is 2.26. The molecule has 0 aliphatic heterocycles. The number of halogens is 1. The van der Waals surface area contributed by atoms with Gasteiger partial charge in [0.05, 0.1) is 4.92 Å². The molecule has 0 unspecified atom stereocenters. The second-order valence-corrected chi connectivity index (χ2v) is 3.44. The summed E-state index contributed by atoms with van der Waals surface area (Å²) in [6, 6.07) is 8.01. The second-order valence-electron chi connectivity index (χ2n) is 3.44. The van der Waals surface area contributed by atoms with Crippen LogP contribution >= 0.6 is 0 Å². The first-order chi connectivity index (χ1) is 9.11. The SMILES string of the molecule is N#Cc1cccnc1Oc1ccc([N+](=O)[O-])c(F)c1. The van der Waals surface area contributed by atoms with Crippen molar-refractivity contribution in [2.45, 2.75) is 0 Å². The maximum absolute atomic E-state index is 13.4. The van der Waals surface area contributed by atoms with Gasteiger partial charge >= 0.3 is 5.69 Å². The van der Waals surface area contributed by atoms with E-state index in [4.69, 9.17) is 10.00 Å². The fourth-order valence-electron chi connectivity index (χ4n) is 1.37. The Balaban J connectivity index is 2.32. The predicted molar refractivity (Wildman–Crippen MR) is 62.1 cm³/mol. The minimum Gasteiger partial charge on any atom is -0.438 e. The summed E-state index contributed by atoms with van der Waals surface area (Å²) in [5.41, 5.74) is -0.463. The molecule has 0 amide bonds. The fourth-order valence-corrected chi connectivity index (χ4v) is 1.37. The Kier molecular flexibility index (Phi) is 3.34. The van der Waals surface area contributed by atoms with Gasteiger partial charge in [-0.05, 0) is 18.2 Å². The number of nitro benzene ring substituents is 1. The van der Waals surface area contributed by atoms with Crippen molar-refractivity contribution in [2.75, 3.05) is 0 Å². The van der Waals surface area contributed by atoms with Gasteiger partial charge in [0.1, 0.15) is 17.4 Å². The average Bonchev–Trinajstić information content (AvgIpc) is 2.39. The summed E-state index contributed by atoms with van der Waals surface area (Å²) in [6.07, 6.45) is 1.41. The third kappa shape index (κ3) is 2.63. The van der Waals surface area contributed by atoms with Crippen LogP contribution in [0.15, 0.2) is 36.5 Å². The van der Waals surface area contributed by atoms with Crippen molar-refractivity contribution >= 4 is 5.69 Å². The molecule has 2 rings (SSSR count). The normalized spacial score (nSPS) is 9.68. The highest BCUT2D eigenvalue weighted by Gasteiger charge is 2.15. The number of nitriles is 1. The van der Waals surface area contributed by atoms with Crippen LogP contribution in [0.3, 0.4) is 0 Å². The molecule has 6 nitrogen and oxygen atoms in total. The number of rotatable bonds is 3. The number of benzene rings is 1. The maximum Gasteiger partial charge on any atom is 0.305 e. The Morgan fingerprint density at radius 2 is 2.21 bits per heavy atom. The summed E-state index contributed by atoms with van der Waals surface area (Å²) in [4.78, 5) is 13.5. The summed E-state index contributed by atoms with van der Waals surface area (Å²) < 4.78 is 18.6. The summed E-state index contributed by atoms with van der Waals surface area (Å²) in [6.45, 7) is 0. The van der Waals surface area contributed by atoms with Gasteiger partial charge in [-0.3, -0.25) is 10.1 Å². The van der Waals surface area contributed by atoms with Crippen LogP contribution in [0.1, 0.15) is 5.56 Å². The van der Waals surface area contributed by atoms with E-state index in [1.165, 1.54) is 18.3 Å². The van der Waals surface area contributed by atoms with E-state index in [0.717, 1.165) is 12.1 Å². The molecule has 0 N–H and O–H groups in total. The number of hydrogen-bond acceptors (Lipinski definition) is 5. The van der Waals surface area contributed by atoms with Gasteiger partial charge < -0.3 is 4.74 Å². The van der Waals surface area contributed by atoms with Crippen LogP contribution in [0, 0.1) is 27.3 Å². The number of pyridine rings is 1. The van der Waals surface area contributed by atoms with Crippen molar-refractivity contribution in [3.63, 3.8) is 0 Å². The molecule has 0 saturated heterocycles. The lowest BCUT2D eigenvalue weighted by molar-refractivity contribution is -0.387. The van der Waals surface area contributed by atoms with Crippen LogP contribution in [0.25, 0.3) is 0 Å². The Morgan fingerprint density at radius 3 is 2.84 bits per heavy atom. The smallest absolute Gasteiger partial charge is 0.305 e. The first-order valence-corrected chi connectivity index (χ1v) is 5.08. The number of aromatic nitrogens is 1. The number of nitro groups is 1. The highest BCUT2D eigenvalue weighted by atomic mass is 19.1. The zero-order valence-corrected chi connectivity index (χ0v) is 9.41. The van der Waals surface area contributed by atoms with Gasteiger partial charge in [-0.1, -0.05) is 0 Å². The maximum atomic E-state index is 13.4. The molecule has 1 heterocycles. The van der Waals surface area contributed by atoms with Gasteiger partial charge in [0.15, 0.2) is 0 Å². The van der Waals surface area contributed by atoms with Gasteiger partial charge in [-0.15, -0.1) is 0 Å². The minimum atomic E-state index is -1.02. The third-order valence-electron chi connectivity index (χ3n) is 2.22. The van der Waals surface area contributed by atoms with Crippen molar-refractivity contribution in [3.8, 4) is 17.7 Å². The average molecular weight is 259 g/mol. The molecule has 7 heteroatoms. The number of nitrogens with zero attached hydrogens (tertiary/aromatic N) is 3. The molecule has 1 aromatic heterocycles. The van der Waals surface area contributed by atoms with E-state index in [1.807, 2.05) is 6.07 Å². The first-order valence-electron chi connectivity index (χ1n) is 5.08. The van der Waals surface area contributed by atoms with Gasteiger partial charge in [0.25, 0.3) is 0 Å². The van der Waals surface area contributed by atoms with Crippen LogP contribution in [-0.2, 0) is 0 Å². The van der Waals surface area contributed by atoms with Crippen LogP contribution < -0.4 is 4.74 Å². The van der Waals surface area contributed by atoms with E-state index < -0.39 is 16.4 Å². The first kappa shape index (κ1) is 12.4. The van der Waals surface area contributed by atoms with E-state index in [1.54, 1.807) is 6.07 Å². The molecule has 0 saturated carbocycles.